The van der Waals surface area contributed by atoms with Gasteiger partial charge in [0.05, 0.1) is 19.1 Å². The highest BCUT2D eigenvalue weighted by Gasteiger charge is 2.31. The number of methoxy groups -OCH3 is 1. The molecule has 0 aromatic heterocycles. The van der Waals surface area contributed by atoms with Gasteiger partial charge in [-0.3, -0.25) is 4.79 Å². The van der Waals surface area contributed by atoms with E-state index in [0.717, 1.165) is 5.75 Å². The van der Waals surface area contributed by atoms with Crippen molar-refractivity contribution in [3.05, 3.63) is 24.3 Å². The summed E-state index contributed by atoms with van der Waals surface area (Å²) in [5, 5.41) is 9.05. The van der Waals surface area contributed by atoms with Crippen LogP contribution in [0.2, 0.25) is 0 Å². The third-order valence-electron chi connectivity index (χ3n) is 2.95. The molecule has 0 amide bonds. The first kappa shape index (κ1) is 14.3. The topological polar surface area (TPSA) is 81.8 Å². The number of carbonyl (C=O) groups is 1. The Balaban J connectivity index is 2.47. The van der Waals surface area contributed by atoms with Crippen LogP contribution in [-0.2, 0) is 4.79 Å². The molecule has 18 heavy (non-hydrogen) atoms. The van der Waals surface area contributed by atoms with Gasteiger partial charge in [0.1, 0.15) is 11.5 Å². The van der Waals surface area contributed by atoms with Gasteiger partial charge in [-0.1, -0.05) is 0 Å². The van der Waals surface area contributed by atoms with Crippen molar-refractivity contribution in [2.45, 2.75) is 13.3 Å². The van der Waals surface area contributed by atoms with Crippen LogP contribution in [0.4, 0.5) is 0 Å². The Labute approximate surface area is 107 Å². The lowest BCUT2D eigenvalue weighted by molar-refractivity contribution is -0.148. The maximum atomic E-state index is 11.0. The Bertz CT molecular complexity index is 390. The Kier molecular flexibility index (Phi) is 4.97. The van der Waals surface area contributed by atoms with Crippen molar-refractivity contribution in [1.82, 2.24) is 0 Å². The SMILES string of the molecule is COc1ccc(OCCC(C)(CN)C(=O)O)cc1. The fourth-order valence-corrected chi connectivity index (χ4v) is 1.36. The average Bonchev–Trinajstić information content (AvgIpc) is 2.39. The number of nitrogens with two attached hydrogens (primary N) is 1. The molecule has 0 spiro atoms. The first-order chi connectivity index (χ1) is 8.51. The van der Waals surface area contributed by atoms with E-state index in [1.807, 2.05) is 0 Å². The fourth-order valence-electron chi connectivity index (χ4n) is 1.36. The summed E-state index contributed by atoms with van der Waals surface area (Å²) in [6.07, 6.45) is 0.366. The van der Waals surface area contributed by atoms with Gasteiger partial charge in [0.25, 0.3) is 0 Å². The van der Waals surface area contributed by atoms with Gasteiger partial charge in [0.15, 0.2) is 0 Å². The molecular weight excluding hydrogens is 234 g/mol. The van der Waals surface area contributed by atoms with Crippen LogP contribution in [0.15, 0.2) is 24.3 Å². The van der Waals surface area contributed by atoms with Crippen molar-refractivity contribution in [1.29, 1.82) is 0 Å². The van der Waals surface area contributed by atoms with E-state index in [1.165, 1.54) is 0 Å². The monoisotopic (exact) mass is 253 g/mol. The molecule has 1 rings (SSSR count). The molecule has 0 saturated heterocycles. The highest BCUT2D eigenvalue weighted by Crippen LogP contribution is 2.22. The van der Waals surface area contributed by atoms with Crippen molar-refractivity contribution in [3.63, 3.8) is 0 Å². The maximum absolute atomic E-state index is 11.0. The van der Waals surface area contributed by atoms with Gasteiger partial charge in [0, 0.05) is 6.54 Å². The van der Waals surface area contributed by atoms with Gasteiger partial charge in [-0.25, -0.2) is 0 Å². The summed E-state index contributed by atoms with van der Waals surface area (Å²) in [4.78, 5) is 11.0. The summed E-state index contributed by atoms with van der Waals surface area (Å²) in [6, 6.07) is 7.13. The van der Waals surface area contributed by atoms with Crippen molar-refractivity contribution in [2.24, 2.45) is 11.1 Å². The van der Waals surface area contributed by atoms with Crippen LogP contribution in [0.5, 0.6) is 11.5 Å². The second-order valence-corrected chi connectivity index (χ2v) is 4.34. The van der Waals surface area contributed by atoms with E-state index >= 15 is 0 Å². The largest absolute Gasteiger partial charge is 0.497 e. The lowest BCUT2D eigenvalue weighted by Gasteiger charge is -2.22. The smallest absolute Gasteiger partial charge is 0.310 e. The minimum Gasteiger partial charge on any atom is -0.497 e. The van der Waals surface area contributed by atoms with Gasteiger partial charge in [-0.05, 0) is 37.6 Å². The van der Waals surface area contributed by atoms with Gasteiger partial charge in [0.2, 0.25) is 0 Å². The Morgan fingerprint density at radius 3 is 2.33 bits per heavy atom. The molecule has 0 aliphatic rings. The predicted molar refractivity (Wildman–Crippen MR) is 67.9 cm³/mol. The Hall–Kier alpha value is -1.75. The molecule has 1 unspecified atom stereocenters. The van der Waals surface area contributed by atoms with Gasteiger partial charge < -0.3 is 20.3 Å². The Morgan fingerprint density at radius 1 is 1.33 bits per heavy atom. The summed E-state index contributed by atoms with van der Waals surface area (Å²) in [5.41, 5.74) is 4.53. The zero-order valence-electron chi connectivity index (χ0n) is 10.7. The molecule has 0 heterocycles. The number of aliphatic carboxylic acids is 1. The molecule has 0 radical (unpaired) electrons. The first-order valence-electron chi connectivity index (χ1n) is 5.72. The number of benzene rings is 1. The molecule has 0 aliphatic heterocycles. The molecule has 0 aliphatic carbocycles. The maximum Gasteiger partial charge on any atom is 0.310 e. The highest BCUT2D eigenvalue weighted by atomic mass is 16.5. The lowest BCUT2D eigenvalue weighted by atomic mass is 9.87. The first-order valence-corrected chi connectivity index (χ1v) is 5.72. The number of ether oxygens (including phenoxy) is 2. The quantitative estimate of drug-likeness (QED) is 0.769. The van der Waals surface area contributed by atoms with E-state index in [0.29, 0.717) is 18.8 Å². The van der Waals surface area contributed by atoms with Crippen molar-refractivity contribution in [2.75, 3.05) is 20.3 Å². The average molecular weight is 253 g/mol. The van der Waals surface area contributed by atoms with Gasteiger partial charge in [-0.2, -0.15) is 0 Å². The van der Waals surface area contributed by atoms with Crippen LogP contribution in [0.3, 0.4) is 0 Å². The molecule has 1 aromatic carbocycles. The minimum absolute atomic E-state index is 0.0916. The third kappa shape index (κ3) is 3.63. The third-order valence-corrected chi connectivity index (χ3v) is 2.95. The Morgan fingerprint density at radius 2 is 1.89 bits per heavy atom. The van der Waals surface area contributed by atoms with Gasteiger partial charge >= 0.3 is 5.97 Å². The van der Waals surface area contributed by atoms with Crippen LogP contribution in [0.1, 0.15) is 13.3 Å². The molecule has 0 bridgehead atoms. The molecule has 3 N–H and O–H groups in total. The summed E-state index contributed by atoms with van der Waals surface area (Å²) in [6.45, 7) is 2.02. The molecular formula is C13H19NO4. The van der Waals surface area contributed by atoms with Crippen LogP contribution >= 0.6 is 0 Å². The molecule has 1 aromatic rings. The number of hydrogen-bond donors (Lipinski definition) is 2. The summed E-state index contributed by atoms with van der Waals surface area (Å²) < 4.78 is 10.5. The van der Waals surface area contributed by atoms with E-state index < -0.39 is 11.4 Å². The zero-order valence-corrected chi connectivity index (χ0v) is 10.7. The minimum atomic E-state index is -0.938. The number of rotatable bonds is 7. The zero-order chi connectivity index (χ0) is 13.6. The van der Waals surface area contributed by atoms with Crippen molar-refractivity contribution < 1.29 is 19.4 Å². The van der Waals surface area contributed by atoms with E-state index in [2.05, 4.69) is 0 Å². The van der Waals surface area contributed by atoms with Crippen LogP contribution in [0, 0.1) is 5.41 Å². The van der Waals surface area contributed by atoms with Crippen LogP contribution in [0.25, 0.3) is 0 Å². The van der Waals surface area contributed by atoms with E-state index in [1.54, 1.807) is 38.3 Å². The second kappa shape index (κ2) is 6.26. The molecule has 0 saturated carbocycles. The number of carboxylic acid groups (broad SMARTS) is 1. The fraction of sp³-hybridized carbons (Fsp3) is 0.462. The standard InChI is InChI=1S/C13H19NO4/c1-13(9-14,12(15)16)7-8-18-11-5-3-10(17-2)4-6-11/h3-6H,7-9,14H2,1-2H3,(H,15,16). The summed E-state index contributed by atoms with van der Waals surface area (Å²) >= 11 is 0. The normalized spacial score (nSPS) is 13.7. The second-order valence-electron chi connectivity index (χ2n) is 4.34. The van der Waals surface area contributed by atoms with Crippen molar-refractivity contribution >= 4 is 5.97 Å². The predicted octanol–water partition coefficient (Wildman–Crippen LogP) is 1.51. The van der Waals surface area contributed by atoms with Crippen molar-refractivity contribution in [3.8, 4) is 11.5 Å². The van der Waals surface area contributed by atoms with Crippen LogP contribution < -0.4 is 15.2 Å². The van der Waals surface area contributed by atoms with Gasteiger partial charge in [-0.15, -0.1) is 0 Å². The molecule has 0 fully saturated rings. The molecule has 100 valence electrons. The molecule has 5 heteroatoms. The lowest BCUT2D eigenvalue weighted by Crippen LogP contribution is -2.37. The highest BCUT2D eigenvalue weighted by molar-refractivity contribution is 5.74. The van der Waals surface area contributed by atoms with E-state index in [-0.39, 0.29) is 6.54 Å². The van der Waals surface area contributed by atoms with E-state index in [9.17, 15) is 4.79 Å². The number of hydrogen-bond acceptors (Lipinski definition) is 4. The molecule has 1 atom stereocenters. The van der Waals surface area contributed by atoms with E-state index in [4.69, 9.17) is 20.3 Å². The van der Waals surface area contributed by atoms with Crippen LogP contribution in [-0.4, -0.2) is 31.3 Å². The summed E-state index contributed by atoms with van der Waals surface area (Å²) in [5.74, 6) is 0.531. The molecule has 5 nitrogen and oxygen atoms in total. The summed E-state index contributed by atoms with van der Waals surface area (Å²) in [7, 11) is 1.59. The number of carboxylic acids is 1.